The summed E-state index contributed by atoms with van der Waals surface area (Å²) in [5.41, 5.74) is 0.404. The highest BCUT2D eigenvalue weighted by Crippen LogP contribution is 2.37. The molecule has 0 aromatic heterocycles. The van der Waals surface area contributed by atoms with Gasteiger partial charge < -0.3 is 4.90 Å². The first-order chi connectivity index (χ1) is 10.7. The second kappa shape index (κ2) is 9.03. The smallest absolute Gasteiger partial charge is 0.236 e. The lowest BCUT2D eigenvalue weighted by atomic mass is 9.72. The van der Waals surface area contributed by atoms with Crippen molar-refractivity contribution < 1.29 is 4.79 Å². The number of piperidine rings is 1. The molecule has 0 spiro atoms. The number of likely N-dealkylation sites (tertiary alicyclic amines) is 1. The Kier molecular flexibility index (Phi) is 8.02. The second-order valence-corrected chi connectivity index (χ2v) is 8.15. The third-order valence-electron chi connectivity index (χ3n) is 5.96. The lowest BCUT2D eigenvalue weighted by Gasteiger charge is -2.42. The molecule has 0 N–H and O–H groups in total. The third-order valence-corrected chi connectivity index (χ3v) is 5.96. The van der Waals surface area contributed by atoms with Crippen LogP contribution in [0.25, 0.3) is 0 Å². The predicted molar refractivity (Wildman–Crippen MR) is 98.6 cm³/mol. The van der Waals surface area contributed by atoms with Gasteiger partial charge in [-0.15, -0.1) is 0 Å². The molecule has 1 fully saturated rings. The van der Waals surface area contributed by atoms with Crippen molar-refractivity contribution in [2.24, 2.45) is 11.3 Å². The van der Waals surface area contributed by atoms with Crippen LogP contribution in [0.4, 0.5) is 0 Å². The van der Waals surface area contributed by atoms with E-state index in [0.29, 0.717) is 29.8 Å². The molecule has 1 saturated heterocycles. The molecule has 0 bridgehead atoms. The van der Waals surface area contributed by atoms with Crippen molar-refractivity contribution in [1.29, 1.82) is 0 Å². The van der Waals surface area contributed by atoms with Gasteiger partial charge >= 0.3 is 0 Å². The van der Waals surface area contributed by atoms with E-state index in [0.717, 1.165) is 45.6 Å². The molecule has 136 valence electrons. The standard InChI is InChI=1S/C19H39N3O/c1-8-21(17(4)5)14-13-20(7)15-18(23)22-11-9-19(6,10-12-22)16(2)3/h16-17H,8-15H2,1-7H3. The summed E-state index contributed by atoms with van der Waals surface area (Å²) in [6.45, 7) is 19.1. The molecular weight excluding hydrogens is 286 g/mol. The van der Waals surface area contributed by atoms with Crippen molar-refractivity contribution in [3.05, 3.63) is 0 Å². The van der Waals surface area contributed by atoms with Gasteiger partial charge in [0.05, 0.1) is 6.54 Å². The fourth-order valence-electron chi connectivity index (χ4n) is 3.33. The van der Waals surface area contributed by atoms with Gasteiger partial charge in [-0.2, -0.15) is 0 Å². The van der Waals surface area contributed by atoms with E-state index >= 15 is 0 Å². The maximum atomic E-state index is 12.5. The van der Waals surface area contributed by atoms with Crippen LogP contribution in [0.1, 0.15) is 54.4 Å². The van der Waals surface area contributed by atoms with Crippen LogP contribution in [-0.4, -0.2) is 73.0 Å². The number of hydrogen-bond acceptors (Lipinski definition) is 3. The topological polar surface area (TPSA) is 26.8 Å². The zero-order valence-corrected chi connectivity index (χ0v) is 16.6. The predicted octanol–water partition coefficient (Wildman–Crippen LogP) is 2.93. The number of hydrogen-bond donors (Lipinski definition) is 0. The maximum absolute atomic E-state index is 12.5. The number of carbonyl (C=O) groups is 1. The van der Waals surface area contributed by atoms with E-state index in [2.05, 4.69) is 63.3 Å². The SMILES string of the molecule is CCN(CCN(C)CC(=O)N1CCC(C)(C(C)C)CC1)C(C)C. The van der Waals surface area contributed by atoms with Gasteiger partial charge in [-0.05, 0) is 51.6 Å². The molecule has 1 rings (SSSR count). The van der Waals surface area contributed by atoms with Crippen LogP contribution in [0.15, 0.2) is 0 Å². The summed E-state index contributed by atoms with van der Waals surface area (Å²) in [7, 11) is 2.06. The van der Waals surface area contributed by atoms with Crippen LogP contribution < -0.4 is 0 Å². The molecule has 1 aliphatic rings. The quantitative estimate of drug-likeness (QED) is 0.686. The monoisotopic (exact) mass is 325 g/mol. The van der Waals surface area contributed by atoms with Crippen LogP contribution in [0.2, 0.25) is 0 Å². The normalized spacial score (nSPS) is 18.5. The Bertz CT molecular complexity index is 360. The first-order valence-electron chi connectivity index (χ1n) is 9.40. The Hall–Kier alpha value is -0.610. The molecule has 1 aliphatic heterocycles. The molecule has 0 atom stereocenters. The molecule has 1 amide bonds. The first kappa shape index (κ1) is 20.4. The zero-order chi connectivity index (χ0) is 17.6. The van der Waals surface area contributed by atoms with E-state index in [4.69, 9.17) is 0 Å². The van der Waals surface area contributed by atoms with Gasteiger partial charge in [-0.25, -0.2) is 0 Å². The van der Waals surface area contributed by atoms with Gasteiger partial charge in [0.25, 0.3) is 0 Å². The van der Waals surface area contributed by atoms with E-state index in [1.807, 2.05) is 0 Å². The average Bonchev–Trinajstić information content (AvgIpc) is 2.47. The van der Waals surface area contributed by atoms with Gasteiger partial charge in [0.2, 0.25) is 5.91 Å². The Morgan fingerprint density at radius 3 is 2.13 bits per heavy atom. The fraction of sp³-hybridized carbons (Fsp3) is 0.947. The highest BCUT2D eigenvalue weighted by Gasteiger charge is 2.34. The summed E-state index contributed by atoms with van der Waals surface area (Å²) in [5, 5.41) is 0. The molecule has 0 aromatic carbocycles. The minimum atomic E-state index is 0.297. The fourth-order valence-corrected chi connectivity index (χ4v) is 3.33. The van der Waals surface area contributed by atoms with Gasteiger partial charge in [-0.3, -0.25) is 14.6 Å². The minimum Gasteiger partial charge on any atom is -0.342 e. The Balaban J connectivity index is 2.36. The van der Waals surface area contributed by atoms with E-state index in [1.165, 1.54) is 0 Å². The third kappa shape index (κ3) is 6.07. The van der Waals surface area contributed by atoms with Crippen molar-refractivity contribution in [3.63, 3.8) is 0 Å². The summed E-state index contributed by atoms with van der Waals surface area (Å²) in [6, 6.07) is 0.569. The molecule has 23 heavy (non-hydrogen) atoms. The van der Waals surface area contributed by atoms with Crippen molar-refractivity contribution in [2.45, 2.75) is 60.4 Å². The van der Waals surface area contributed by atoms with Crippen molar-refractivity contribution in [1.82, 2.24) is 14.7 Å². The Morgan fingerprint density at radius 2 is 1.70 bits per heavy atom. The molecule has 0 radical (unpaired) electrons. The van der Waals surface area contributed by atoms with E-state index < -0.39 is 0 Å². The minimum absolute atomic E-state index is 0.297. The Morgan fingerprint density at radius 1 is 1.13 bits per heavy atom. The molecular formula is C19H39N3O. The summed E-state index contributed by atoms with van der Waals surface area (Å²) >= 11 is 0. The van der Waals surface area contributed by atoms with Gasteiger partial charge in [0.15, 0.2) is 0 Å². The molecule has 4 heteroatoms. The molecule has 0 aliphatic carbocycles. The molecule has 0 unspecified atom stereocenters. The Labute approximate surface area is 144 Å². The second-order valence-electron chi connectivity index (χ2n) is 8.15. The van der Waals surface area contributed by atoms with Crippen molar-refractivity contribution in [2.75, 3.05) is 46.3 Å². The van der Waals surface area contributed by atoms with Crippen molar-refractivity contribution in [3.8, 4) is 0 Å². The number of likely N-dealkylation sites (N-methyl/N-ethyl adjacent to an activating group) is 2. The lowest BCUT2D eigenvalue weighted by molar-refractivity contribution is -0.134. The van der Waals surface area contributed by atoms with Crippen LogP contribution >= 0.6 is 0 Å². The largest absolute Gasteiger partial charge is 0.342 e. The molecule has 0 saturated carbocycles. The summed E-state index contributed by atoms with van der Waals surface area (Å²) < 4.78 is 0. The molecule has 4 nitrogen and oxygen atoms in total. The molecule has 0 aromatic rings. The number of amides is 1. The van der Waals surface area contributed by atoms with Crippen LogP contribution in [0.5, 0.6) is 0 Å². The average molecular weight is 326 g/mol. The van der Waals surface area contributed by atoms with Crippen LogP contribution in [0.3, 0.4) is 0 Å². The lowest BCUT2D eigenvalue weighted by Crippen LogP contribution is -2.47. The van der Waals surface area contributed by atoms with Crippen molar-refractivity contribution >= 4 is 5.91 Å². The van der Waals surface area contributed by atoms with Gasteiger partial charge in [0, 0.05) is 32.2 Å². The maximum Gasteiger partial charge on any atom is 0.236 e. The first-order valence-corrected chi connectivity index (χ1v) is 9.40. The highest BCUT2D eigenvalue weighted by atomic mass is 16.2. The van der Waals surface area contributed by atoms with Crippen LogP contribution in [0, 0.1) is 11.3 Å². The van der Waals surface area contributed by atoms with E-state index in [-0.39, 0.29) is 0 Å². The number of nitrogens with zero attached hydrogens (tertiary/aromatic N) is 3. The zero-order valence-electron chi connectivity index (χ0n) is 16.6. The summed E-state index contributed by atoms with van der Waals surface area (Å²) in [6.07, 6.45) is 2.27. The summed E-state index contributed by atoms with van der Waals surface area (Å²) in [5.74, 6) is 0.990. The van der Waals surface area contributed by atoms with Gasteiger partial charge in [-0.1, -0.05) is 27.7 Å². The van der Waals surface area contributed by atoms with Crippen LogP contribution in [-0.2, 0) is 4.79 Å². The van der Waals surface area contributed by atoms with E-state index in [9.17, 15) is 4.79 Å². The summed E-state index contributed by atoms with van der Waals surface area (Å²) in [4.78, 5) is 19.2. The molecule has 1 heterocycles. The van der Waals surface area contributed by atoms with Gasteiger partial charge in [0.1, 0.15) is 0 Å². The number of carbonyl (C=O) groups excluding carboxylic acids is 1. The highest BCUT2D eigenvalue weighted by molar-refractivity contribution is 5.78. The van der Waals surface area contributed by atoms with E-state index in [1.54, 1.807) is 0 Å². The number of rotatable bonds is 8.